The van der Waals surface area contributed by atoms with Crippen molar-refractivity contribution in [1.29, 1.82) is 0 Å². The number of hydrogen-bond acceptors (Lipinski definition) is 5. The van der Waals surface area contributed by atoms with Gasteiger partial charge in [-0.2, -0.15) is 9.78 Å². The summed E-state index contributed by atoms with van der Waals surface area (Å²) in [7, 11) is 0. The molecular formula is C10H11BrN4O2. The predicted octanol–water partition coefficient (Wildman–Crippen LogP) is 2.27. The second-order valence-electron chi connectivity index (χ2n) is 3.55. The molecule has 90 valence electrons. The van der Waals surface area contributed by atoms with Gasteiger partial charge in [0.1, 0.15) is 25.0 Å². The summed E-state index contributed by atoms with van der Waals surface area (Å²) in [5.74, 6) is 0.519. The first-order valence-corrected chi connectivity index (χ1v) is 5.79. The molecule has 0 fully saturated rings. The number of halogens is 1. The Hall–Kier alpha value is -1.63. The summed E-state index contributed by atoms with van der Waals surface area (Å²) >= 11 is 3.24. The zero-order valence-electron chi connectivity index (χ0n) is 9.37. The average Bonchev–Trinajstić information content (AvgIpc) is 2.90. The molecule has 7 heteroatoms. The van der Waals surface area contributed by atoms with Crippen LogP contribution in [0, 0.1) is 0 Å². The van der Waals surface area contributed by atoms with E-state index in [1.54, 1.807) is 18.7 Å². The second-order valence-corrected chi connectivity index (χ2v) is 4.33. The molecule has 0 aliphatic heterocycles. The summed E-state index contributed by atoms with van der Waals surface area (Å²) in [6, 6.07) is 1.78. The van der Waals surface area contributed by atoms with Crippen LogP contribution in [0.1, 0.15) is 19.4 Å². The van der Waals surface area contributed by atoms with Gasteiger partial charge >= 0.3 is 0 Å². The van der Waals surface area contributed by atoms with Gasteiger partial charge in [-0.15, -0.1) is 0 Å². The number of nitrogens with zero attached hydrogens (tertiary/aromatic N) is 4. The Morgan fingerprint density at radius 3 is 2.94 bits per heavy atom. The standard InChI is InChI=1S/C10H11BrN4O2/c1-7(2)17-14-10(15-6-12-5-13-15)8-3-9(11)16-4-8/h3-7H,1-2H3. The van der Waals surface area contributed by atoms with E-state index in [4.69, 9.17) is 9.25 Å². The van der Waals surface area contributed by atoms with Crippen molar-refractivity contribution in [3.05, 3.63) is 35.2 Å². The Morgan fingerprint density at radius 1 is 1.59 bits per heavy atom. The van der Waals surface area contributed by atoms with E-state index in [0.29, 0.717) is 10.5 Å². The lowest BCUT2D eigenvalue weighted by atomic mass is 10.3. The van der Waals surface area contributed by atoms with E-state index in [2.05, 4.69) is 31.2 Å². The topological polar surface area (TPSA) is 65.4 Å². The van der Waals surface area contributed by atoms with Gasteiger partial charge in [0.2, 0.25) is 5.84 Å². The van der Waals surface area contributed by atoms with Crippen LogP contribution in [0.4, 0.5) is 0 Å². The minimum Gasteiger partial charge on any atom is -0.457 e. The first-order valence-electron chi connectivity index (χ1n) is 5.00. The van der Waals surface area contributed by atoms with Gasteiger partial charge in [0.25, 0.3) is 0 Å². The molecule has 2 heterocycles. The lowest BCUT2D eigenvalue weighted by Crippen LogP contribution is -2.15. The smallest absolute Gasteiger partial charge is 0.204 e. The summed E-state index contributed by atoms with van der Waals surface area (Å²) in [4.78, 5) is 9.11. The third-order valence-corrected chi connectivity index (χ3v) is 2.23. The number of rotatable bonds is 3. The predicted molar refractivity (Wildman–Crippen MR) is 64.6 cm³/mol. The Balaban J connectivity index is 2.34. The summed E-state index contributed by atoms with van der Waals surface area (Å²) < 4.78 is 7.30. The highest BCUT2D eigenvalue weighted by molar-refractivity contribution is 9.10. The molecular weight excluding hydrogens is 288 g/mol. The monoisotopic (exact) mass is 298 g/mol. The van der Waals surface area contributed by atoms with Crippen LogP contribution < -0.4 is 0 Å². The van der Waals surface area contributed by atoms with Crippen molar-refractivity contribution in [3.63, 3.8) is 0 Å². The molecule has 0 aliphatic carbocycles. The lowest BCUT2D eigenvalue weighted by Gasteiger charge is -2.05. The molecule has 0 unspecified atom stereocenters. The molecule has 0 saturated heterocycles. The van der Waals surface area contributed by atoms with Gasteiger partial charge in [-0.25, -0.2) is 4.98 Å². The number of hydrogen-bond donors (Lipinski definition) is 0. The van der Waals surface area contributed by atoms with Crippen LogP contribution in [-0.2, 0) is 4.84 Å². The summed E-state index contributed by atoms with van der Waals surface area (Å²) in [5, 5.41) is 8.06. The van der Waals surface area contributed by atoms with Gasteiger partial charge in [0, 0.05) is 6.07 Å². The highest BCUT2D eigenvalue weighted by Crippen LogP contribution is 2.15. The average molecular weight is 299 g/mol. The van der Waals surface area contributed by atoms with Crippen LogP contribution in [-0.4, -0.2) is 26.7 Å². The molecule has 0 atom stereocenters. The van der Waals surface area contributed by atoms with Crippen molar-refractivity contribution < 1.29 is 9.25 Å². The van der Waals surface area contributed by atoms with Crippen molar-refractivity contribution >= 4 is 21.8 Å². The third kappa shape index (κ3) is 2.94. The molecule has 0 radical (unpaired) electrons. The SMILES string of the molecule is CC(C)ON=C(c1coc(Br)c1)n1cncn1. The minimum atomic E-state index is -0.0103. The molecule has 0 N–H and O–H groups in total. The summed E-state index contributed by atoms with van der Waals surface area (Å²) in [5.41, 5.74) is 0.753. The van der Waals surface area contributed by atoms with E-state index in [9.17, 15) is 0 Å². The Bertz CT molecular complexity index is 504. The quantitative estimate of drug-likeness (QED) is 0.495. The molecule has 2 aromatic rings. The Kier molecular flexibility index (Phi) is 3.58. The number of furan rings is 1. The van der Waals surface area contributed by atoms with Crippen molar-refractivity contribution in [3.8, 4) is 0 Å². The van der Waals surface area contributed by atoms with Gasteiger partial charge in [-0.05, 0) is 29.8 Å². The van der Waals surface area contributed by atoms with Crippen LogP contribution in [0.5, 0.6) is 0 Å². The molecule has 0 spiro atoms. The zero-order chi connectivity index (χ0) is 12.3. The highest BCUT2D eigenvalue weighted by Gasteiger charge is 2.12. The van der Waals surface area contributed by atoms with Crippen LogP contribution in [0.25, 0.3) is 0 Å². The lowest BCUT2D eigenvalue weighted by molar-refractivity contribution is 0.0851. The largest absolute Gasteiger partial charge is 0.457 e. The molecule has 0 saturated carbocycles. The minimum absolute atomic E-state index is 0.0103. The summed E-state index contributed by atoms with van der Waals surface area (Å²) in [6.45, 7) is 3.79. The van der Waals surface area contributed by atoms with Crippen molar-refractivity contribution in [1.82, 2.24) is 14.8 Å². The van der Waals surface area contributed by atoms with Crippen molar-refractivity contribution in [2.45, 2.75) is 20.0 Å². The van der Waals surface area contributed by atoms with Crippen LogP contribution in [0.15, 0.2) is 39.2 Å². The van der Waals surface area contributed by atoms with Gasteiger partial charge in [-0.3, -0.25) is 0 Å². The van der Waals surface area contributed by atoms with Crippen LogP contribution >= 0.6 is 15.9 Å². The second kappa shape index (κ2) is 5.13. The molecule has 17 heavy (non-hydrogen) atoms. The molecule has 0 bridgehead atoms. The maximum Gasteiger partial charge on any atom is 0.204 e. The van der Waals surface area contributed by atoms with Crippen molar-refractivity contribution in [2.75, 3.05) is 0 Å². The summed E-state index contributed by atoms with van der Waals surface area (Å²) in [6.07, 6.45) is 4.53. The van der Waals surface area contributed by atoms with E-state index < -0.39 is 0 Å². The fourth-order valence-corrected chi connectivity index (χ4v) is 1.47. The van der Waals surface area contributed by atoms with Crippen LogP contribution in [0.3, 0.4) is 0 Å². The molecule has 2 rings (SSSR count). The van der Waals surface area contributed by atoms with Gasteiger partial charge in [0.05, 0.1) is 5.56 Å². The van der Waals surface area contributed by atoms with Crippen LogP contribution in [0.2, 0.25) is 0 Å². The first kappa shape index (κ1) is 11.8. The van der Waals surface area contributed by atoms with E-state index in [1.807, 2.05) is 13.8 Å². The molecule has 2 aromatic heterocycles. The van der Waals surface area contributed by atoms with E-state index >= 15 is 0 Å². The Morgan fingerprint density at radius 2 is 2.41 bits per heavy atom. The molecule has 0 amide bonds. The zero-order valence-corrected chi connectivity index (χ0v) is 11.0. The van der Waals surface area contributed by atoms with E-state index in [1.165, 1.54) is 11.0 Å². The fraction of sp³-hybridized carbons (Fsp3) is 0.300. The van der Waals surface area contributed by atoms with Gasteiger partial charge in [-0.1, -0.05) is 5.16 Å². The molecule has 0 aliphatic rings. The first-order chi connectivity index (χ1) is 8.16. The molecule has 6 nitrogen and oxygen atoms in total. The van der Waals surface area contributed by atoms with E-state index in [0.717, 1.165) is 5.56 Å². The van der Waals surface area contributed by atoms with E-state index in [-0.39, 0.29) is 6.10 Å². The van der Waals surface area contributed by atoms with Crippen molar-refractivity contribution in [2.24, 2.45) is 5.16 Å². The van der Waals surface area contributed by atoms with Gasteiger partial charge in [0.15, 0.2) is 4.67 Å². The maximum atomic E-state index is 5.23. The number of aromatic nitrogens is 3. The number of oxime groups is 1. The maximum absolute atomic E-state index is 5.23. The normalized spacial score (nSPS) is 12.1. The third-order valence-electron chi connectivity index (χ3n) is 1.81. The molecule has 0 aromatic carbocycles. The Labute approximate surface area is 106 Å². The van der Waals surface area contributed by atoms with Gasteiger partial charge < -0.3 is 9.25 Å². The highest BCUT2D eigenvalue weighted by atomic mass is 79.9. The fourth-order valence-electron chi connectivity index (χ4n) is 1.13.